The molecule has 4 rings (SSSR count). The van der Waals surface area contributed by atoms with Gasteiger partial charge < -0.3 is 4.42 Å². The molecule has 0 aliphatic heterocycles. The predicted molar refractivity (Wildman–Crippen MR) is 87.5 cm³/mol. The Bertz CT molecular complexity index is 1120. The van der Waals surface area contributed by atoms with Crippen LogP contribution in [0.15, 0.2) is 40.9 Å². The molecule has 24 heavy (non-hydrogen) atoms. The molecule has 0 aliphatic rings. The number of aromatic nitrogens is 2. The zero-order valence-electron chi connectivity index (χ0n) is 13.5. The summed E-state index contributed by atoms with van der Waals surface area (Å²) in [7, 11) is 1.91. The predicted octanol–water partition coefficient (Wildman–Crippen LogP) is 4.37. The van der Waals surface area contributed by atoms with E-state index in [1.807, 2.05) is 42.9 Å². The number of furan rings is 1. The van der Waals surface area contributed by atoms with Gasteiger partial charge in [0, 0.05) is 17.7 Å². The summed E-state index contributed by atoms with van der Waals surface area (Å²) < 4.78 is 36.1. The molecule has 0 fully saturated rings. The summed E-state index contributed by atoms with van der Waals surface area (Å²) in [4.78, 5) is 3.83. The van der Waals surface area contributed by atoms with E-state index in [1.54, 1.807) is 13.0 Å². The lowest BCUT2D eigenvalue weighted by Gasteiger charge is -2.06. The highest BCUT2D eigenvalue weighted by Gasteiger charge is 2.24. The molecule has 0 atom stereocenters. The van der Waals surface area contributed by atoms with Gasteiger partial charge in [0.2, 0.25) is 17.4 Å². The zero-order valence-corrected chi connectivity index (χ0v) is 13.5. The minimum absolute atomic E-state index is 0.109. The molecule has 3 aromatic heterocycles. The monoisotopic (exact) mass is 325 g/mol. The maximum absolute atomic E-state index is 14.7. The summed E-state index contributed by atoms with van der Waals surface area (Å²) in [5.74, 6) is -0.998. The molecule has 1 aromatic carbocycles. The molecule has 0 unspecified atom stereocenters. The Hall–Kier alpha value is -2.82. The summed E-state index contributed by atoms with van der Waals surface area (Å²) >= 11 is 0. The third kappa shape index (κ3) is 2.01. The van der Waals surface area contributed by atoms with Crippen LogP contribution >= 0.6 is 0 Å². The van der Waals surface area contributed by atoms with Gasteiger partial charge in [0.05, 0.1) is 16.3 Å². The number of fused-ring (bicyclic) bond motifs is 3. The Labute approximate surface area is 137 Å². The molecule has 5 heteroatoms. The van der Waals surface area contributed by atoms with Crippen molar-refractivity contribution in [3.63, 3.8) is 0 Å². The average Bonchev–Trinajstić information content (AvgIpc) is 2.88. The first-order valence-corrected chi connectivity index (χ1v) is 7.61. The van der Waals surface area contributed by atoms with E-state index in [-0.39, 0.29) is 5.71 Å². The largest absolute Gasteiger partial charge is 0.437 e. The van der Waals surface area contributed by atoms with Crippen molar-refractivity contribution in [1.29, 1.82) is 0 Å². The first-order chi connectivity index (χ1) is 11.5. The van der Waals surface area contributed by atoms with Gasteiger partial charge in [-0.15, -0.1) is 0 Å². The zero-order chi connectivity index (χ0) is 17.0. The number of nitrogens with zero attached hydrogens (tertiary/aromatic N) is 2. The fraction of sp³-hybridized carbons (Fsp3) is 0.158. The molecule has 4 aromatic rings. The van der Waals surface area contributed by atoms with Crippen LogP contribution in [0.3, 0.4) is 0 Å². The van der Waals surface area contributed by atoms with Crippen molar-refractivity contribution >= 4 is 22.1 Å². The molecular formula is C19H15F2N2O+. The van der Waals surface area contributed by atoms with Gasteiger partial charge in [-0.25, -0.2) is 8.96 Å². The van der Waals surface area contributed by atoms with Crippen molar-refractivity contribution in [1.82, 2.24) is 4.98 Å². The van der Waals surface area contributed by atoms with Gasteiger partial charge in [-0.2, -0.15) is 9.37 Å². The van der Waals surface area contributed by atoms with Crippen LogP contribution in [-0.4, -0.2) is 4.98 Å². The number of halogens is 2. The van der Waals surface area contributed by atoms with Crippen molar-refractivity contribution in [2.75, 3.05) is 0 Å². The van der Waals surface area contributed by atoms with Gasteiger partial charge in [0.25, 0.3) is 0 Å². The molecule has 0 aliphatic carbocycles. The average molecular weight is 325 g/mol. The Morgan fingerprint density at radius 3 is 2.62 bits per heavy atom. The fourth-order valence-corrected chi connectivity index (χ4v) is 3.13. The molecule has 120 valence electrons. The maximum atomic E-state index is 14.7. The van der Waals surface area contributed by atoms with E-state index in [9.17, 15) is 8.78 Å². The maximum Gasteiger partial charge on any atom is 0.230 e. The molecule has 3 nitrogen and oxygen atoms in total. The lowest BCUT2D eigenvalue weighted by molar-refractivity contribution is -0.660. The Balaban J connectivity index is 2.21. The molecule has 0 spiro atoms. The first-order valence-electron chi connectivity index (χ1n) is 7.61. The number of pyridine rings is 2. The Morgan fingerprint density at radius 2 is 1.88 bits per heavy atom. The number of hydrogen-bond acceptors (Lipinski definition) is 2. The standard InChI is InChI=1S/C19H15F2N2O/c1-10-9-13(20)16-12-8-11(2)18(21)22-19(12)24-17(16)15(10)14-6-4-5-7-23(14)3/h4-9H,1-3H3/q+1. The van der Waals surface area contributed by atoms with E-state index >= 15 is 0 Å². The third-order valence-corrected chi connectivity index (χ3v) is 4.33. The molecule has 0 saturated carbocycles. The van der Waals surface area contributed by atoms with Gasteiger partial charge >= 0.3 is 0 Å². The van der Waals surface area contributed by atoms with Crippen molar-refractivity contribution in [3.05, 3.63) is 59.4 Å². The van der Waals surface area contributed by atoms with E-state index in [0.717, 1.165) is 16.8 Å². The molecule has 3 heterocycles. The highest BCUT2D eigenvalue weighted by Crippen LogP contribution is 2.38. The van der Waals surface area contributed by atoms with Gasteiger partial charge in [-0.05, 0) is 37.6 Å². The third-order valence-electron chi connectivity index (χ3n) is 4.33. The second-order valence-electron chi connectivity index (χ2n) is 6.00. The van der Waals surface area contributed by atoms with Crippen LogP contribution in [0.2, 0.25) is 0 Å². The second kappa shape index (κ2) is 5.09. The fourth-order valence-electron chi connectivity index (χ4n) is 3.13. The van der Waals surface area contributed by atoms with Gasteiger partial charge in [-0.3, -0.25) is 0 Å². The van der Waals surface area contributed by atoms with Crippen molar-refractivity contribution < 1.29 is 17.8 Å². The minimum Gasteiger partial charge on any atom is -0.437 e. The smallest absolute Gasteiger partial charge is 0.230 e. The Kier molecular flexibility index (Phi) is 3.13. The Morgan fingerprint density at radius 1 is 1.08 bits per heavy atom. The summed E-state index contributed by atoms with van der Waals surface area (Å²) in [5.41, 5.74) is 3.27. The number of benzene rings is 1. The number of rotatable bonds is 1. The highest BCUT2D eigenvalue weighted by atomic mass is 19.1. The topological polar surface area (TPSA) is 29.9 Å². The molecule has 0 bridgehead atoms. The highest BCUT2D eigenvalue weighted by molar-refractivity contribution is 6.09. The second-order valence-corrected chi connectivity index (χ2v) is 6.00. The summed E-state index contributed by atoms with van der Waals surface area (Å²) in [5, 5.41) is 0.825. The van der Waals surface area contributed by atoms with E-state index in [4.69, 9.17) is 4.42 Å². The summed E-state index contributed by atoms with van der Waals surface area (Å²) in [6.45, 7) is 3.43. The van der Waals surface area contributed by atoms with Crippen LogP contribution < -0.4 is 4.57 Å². The van der Waals surface area contributed by atoms with E-state index < -0.39 is 11.8 Å². The van der Waals surface area contributed by atoms with Crippen LogP contribution in [0.1, 0.15) is 11.1 Å². The molecule has 0 saturated heterocycles. The van der Waals surface area contributed by atoms with Crippen LogP contribution in [0.4, 0.5) is 8.78 Å². The SMILES string of the molecule is Cc1cc2c(nc1F)oc1c(-c3cccc[n+]3C)c(C)cc(F)c12. The van der Waals surface area contributed by atoms with Crippen LogP contribution in [0.5, 0.6) is 0 Å². The van der Waals surface area contributed by atoms with Gasteiger partial charge in [0.15, 0.2) is 11.8 Å². The van der Waals surface area contributed by atoms with Crippen LogP contribution in [0, 0.1) is 25.6 Å². The molecule has 0 radical (unpaired) electrons. The van der Waals surface area contributed by atoms with Crippen molar-refractivity contribution in [3.8, 4) is 11.3 Å². The van der Waals surface area contributed by atoms with Crippen molar-refractivity contribution in [2.45, 2.75) is 13.8 Å². The van der Waals surface area contributed by atoms with Gasteiger partial charge in [-0.1, -0.05) is 0 Å². The molecule has 0 N–H and O–H groups in total. The lowest BCUT2D eigenvalue weighted by atomic mass is 10.00. The van der Waals surface area contributed by atoms with E-state index in [1.165, 1.54) is 6.07 Å². The normalized spacial score (nSPS) is 11.5. The van der Waals surface area contributed by atoms with Crippen LogP contribution in [0.25, 0.3) is 33.3 Å². The number of aryl methyl sites for hydroxylation is 3. The summed E-state index contributed by atoms with van der Waals surface area (Å²) in [6.07, 6.45) is 1.91. The molecular weight excluding hydrogens is 310 g/mol. The minimum atomic E-state index is -0.606. The van der Waals surface area contributed by atoms with Crippen molar-refractivity contribution in [2.24, 2.45) is 7.05 Å². The number of hydrogen-bond donors (Lipinski definition) is 0. The van der Waals surface area contributed by atoms with Gasteiger partial charge in [0.1, 0.15) is 12.9 Å². The first kappa shape index (κ1) is 14.8. The van der Waals surface area contributed by atoms with E-state index in [0.29, 0.717) is 21.9 Å². The van der Waals surface area contributed by atoms with Crippen LogP contribution in [-0.2, 0) is 7.05 Å². The van der Waals surface area contributed by atoms with E-state index in [2.05, 4.69) is 4.98 Å². The lowest BCUT2D eigenvalue weighted by Crippen LogP contribution is -2.30. The summed E-state index contributed by atoms with van der Waals surface area (Å²) in [6, 6.07) is 8.83. The quantitative estimate of drug-likeness (QED) is 0.384. The molecule has 0 amide bonds.